The Morgan fingerprint density at radius 3 is 2.71 bits per heavy atom. The van der Waals surface area contributed by atoms with Crippen LogP contribution in [0.1, 0.15) is 29.8 Å². The van der Waals surface area contributed by atoms with E-state index < -0.39 is 24.7 Å². The molecule has 1 heterocycles. The molecule has 1 aromatic carbocycles. The van der Waals surface area contributed by atoms with Crippen LogP contribution in [0.15, 0.2) is 18.2 Å². The summed E-state index contributed by atoms with van der Waals surface area (Å²) in [5.41, 5.74) is 0.851. The highest BCUT2D eigenvalue weighted by Gasteiger charge is 2.34. The molecule has 0 radical (unpaired) electrons. The van der Waals surface area contributed by atoms with Gasteiger partial charge in [0.15, 0.2) is 6.79 Å². The minimum absolute atomic E-state index is 0.131. The fourth-order valence-electron chi connectivity index (χ4n) is 2.07. The van der Waals surface area contributed by atoms with Crippen molar-refractivity contribution in [2.45, 2.75) is 32.7 Å². The maximum absolute atomic E-state index is 12.6. The van der Waals surface area contributed by atoms with E-state index in [2.05, 4.69) is 0 Å². The Morgan fingerprint density at radius 1 is 1.38 bits per heavy atom. The number of fused-ring (bicyclic) bond motifs is 1. The van der Waals surface area contributed by atoms with Crippen molar-refractivity contribution in [3.8, 4) is 5.75 Å². The van der Waals surface area contributed by atoms with Crippen LogP contribution in [0.4, 0.5) is 13.2 Å². The summed E-state index contributed by atoms with van der Waals surface area (Å²) >= 11 is 0. The standard InChI is InChI=1S/C14H16F3NO3/c1-9(2)18(7-14(15,16)17)13(19)10-3-4-12-11(5-10)6-20-8-21-12/h3-5,9H,6-8H2,1-2H3. The molecule has 1 aliphatic heterocycles. The molecule has 4 nitrogen and oxygen atoms in total. The van der Waals surface area contributed by atoms with E-state index in [0.29, 0.717) is 11.3 Å². The number of halogens is 3. The van der Waals surface area contributed by atoms with Gasteiger partial charge < -0.3 is 14.4 Å². The third-order valence-corrected chi connectivity index (χ3v) is 3.10. The second-order valence-corrected chi connectivity index (χ2v) is 5.08. The molecule has 116 valence electrons. The van der Waals surface area contributed by atoms with E-state index in [1.165, 1.54) is 12.1 Å². The average Bonchev–Trinajstić information content (AvgIpc) is 2.42. The van der Waals surface area contributed by atoms with E-state index >= 15 is 0 Å². The molecule has 0 N–H and O–H groups in total. The number of rotatable bonds is 3. The number of hydrogen-bond acceptors (Lipinski definition) is 3. The highest BCUT2D eigenvalue weighted by atomic mass is 19.4. The van der Waals surface area contributed by atoms with E-state index in [4.69, 9.17) is 9.47 Å². The minimum Gasteiger partial charge on any atom is -0.467 e. The number of amides is 1. The SMILES string of the molecule is CC(C)N(CC(F)(F)F)C(=O)c1ccc2c(c1)COCO2. The van der Waals surface area contributed by atoms with E-state index in [0.717, 1.165) is 4.90 Å². The van der Waals surface area contributed by atoms with E-state index in [-0.39, 0.29) is 19.0 Å². The number of benzene rings is 1. The Hall–Kier alpha value is -1.76. The maximum Gasteiger partial charge on any atom is 0.406 e. The smallest absolute Gasteiger partial charge is 0.406 e. The summed E-state index contributed by atoms with van der Waals surface area (Å²) in [5, 5.41) is 0. The highest BCUT2D eigenvalue weighted by molar-refractivity contribution is 5.94. The van der Waals surface area contributed by atoms with Crippen molar-refractivity contribution < 1.29 is 27.4 Å². The van der Waals surface area contributed by atoms with Crippen LogP contribution in [0.3, 0.4) is 0 Å². The van der Waals surface area contributed by atoms with Crippen LogP contribution < -0.4 is 4.74 Å². The van der Waals surface area contributed by atoms with Gasteiger partial charge in [0, 0.05) is 17.2 Å². The molecule has 21 heavy (non-hydrogen) atoms. The van der Waals surface area contributed by atoms with Gasteiger partial charge in [0.05, 0.1) is 6.61 Å². The van der Waals surface area contributed by atoms with Gasteiger partial charge in [0.2, 0.25) is 0 Å². The zero-order chi connectivity index (χ0) is 15.6. The van der Waals surface area contributed by atoms with E-state index in [9.17, 15) is 18.0 Å². The average molecular weight is 303 g/mol. The normalized spacial score (nSPS) is 14.6. The van der Waals surface area contributed by atoms with Crippen molar-refractivity contribution in [1.82, 2.24) is 4.90 Å². The molecule has 0 atom stereocenters. The fraction of sp³-hybridized carbons (Fsp3) is 0.500. The molecule has 0 bridgehead atoms. The largest absolute Gasteiger partial charge is 0.467 e. The first kappa shape index (κ1) is 15.6. The van der Waals surface area contributed by atoms with Crippen LogP contribution in [0.25, 0.3) is 0 Å². The molecule has 0 saturated carbocycles. The predicted octanol–water partition coefficient (Wildman–Crippen LogP) is 2.97. The number of hydrogen-bond donors (Lipinski definition) is 0. The van der Waals surface area contributed by atoms with Crippen LogP contribution in [-0.2, 0) is 11.3 Å². The molecule has 1 amide bonds. The van der Waals surface area contributed by atoms with Gasteiger partial charge in [-0.2, -0.15) is 13.2 Å². The lowest BCUT2D eigenvalue weighted by molar-refractivity contribution is -0.143. The number of nitrogens with zero attached hydrogens (tertiary/aromatic N) is 1. The summed E-state index contributed by atoms with van der Waals surface area (Å²) in [7, 11) is 0. The molecule has 0 unspecified atom stereocenters. The third kappa shape index (κ3) is 3.87. The van der Waals surface area contributed by atoms with Crippen molar-refractivity contribution in [2.24, 2.45) is 0 Å². The zero-order valence-electron chi connectivity index (χ0n) is 11.7. The van der Waals surface area contributed by atoms with Crippen LogP contribution in [0.2, 0.25) is 0 Å². The molecule has 1 aliphatic rings. The number of ether oxygens (including phenoxy) is 2. The molecular weight excluding hydrogens is 287 g/mol. The maximum atomic E-state index is 12.6. The minimum atomic E-state index is -4.43. The molecule has 2 rings (SSSR count). The molecule has 1 aromatic rings. The van der Waals surface area contributed by atoms with Crippen molar-refractivity contribution in [2.75, 3.05) is 13.3 Å². The monoisotopic (exact) mass is 303 g/mol. The Kier molecular flexibility index (Phi) is 4.41. The summed E-state index contributed by atoms with van der Waals surface area (Å²) in [6.07, 6.45) is -4.43. The predicted molar refractivity (Wildman–Crippen MR) is 69.0 cm³/mol. The van der Waals surface area contributed by atoms with Crippen LogP contribution in [0.5, 0.6) is 5.75 Å². The van der Waals surface area contributed by atoms with Gasteiger partial charge >= 0.3 is 6.18 Å². The second kappa shape index (κ2) is 5.93. The summed E-state index contributed by atoms with van der Waals surface area (Å²) in [6.45, 7) is 2.24. The Balaban J connectivity index is 2.24. The van der Waals surface area contributed by atoms with Gasteiger partial charge in [0.1, 0.15) is 12.3 Å². The van der Waals surface area contributed by atoms with Crippen LogP contribution in [0, 0.1) is 0 Å². The first-order valence-corrected chi connectivity index (χ1v) is 6.49. The molecule has 0 aromatic heterocycles. The molecule has 0 spiro atoms. The van der Waals surface area contributed by atoms with Crippen LogP contribution in [-0.4, -0.2) is 36.4 Å². The van der Waals surface area contributed by atoms with Crippen molar-refractivity contribution >= 4 is 5.91 Å². The lowest BCUT2D eigenvalue weighted by atomic mass is 10.1. The van der Waals surface area contributed by atoms with E-state index in [1.807, 2.05) is 0 Å². The lowest BCUT2D eigenvalue weighted by Crippen LogP contribution is -2.43. The summed E-state index contributed by atoms with van der Waals surface area (Å²) < 4.78 is 48.1. The Morgan fingerprint density at radius 2 is 2.10 bits per heavy atom. The molecule has 7 heteroatoms. The molecule has 0 aliphatic carbocycles. The lowest BCUT2D eigenvalue weighted by Gasteiger charge is -2.28. The van der Waals surface area contributed by atoms with Gasteiger partial charge in [-0.05, 0) is 32.0 Å². The number of carbonyl (C=O) groups is 1. The Labute approximate surface area is 120 Å². The summed E-state index contributed by atoms with van der Waals surface area (Å²) in [5.74, 6) is -0.0691. The first-order chi connectivity index (χ1) is 9.78. The van der Waals surface area contributed by atoms with Gasteiger partial charge in [0.25, 0.3) is 5.91 Å². The second-order valence-electron chi connectivity index (χ2n) is 5.08. The molecule has 0 saturated heterocycles. The fourth-order valence-corrected chi connectivity index (χ4v) is 2.07. The molecule has 0 fully saturated rings. The number of carbonyl (C=O) groups excluding carboxylic acids is 1. The van der Waals surface area contributed by atoms with Crippen molar-refractivity contribution in [3.05, 3.63) is 29.3 Å². The van der Waals surface area contributed by atoms with Crippen molar-refractivity contribution in [3.63, 3.8) is 0 Å². The summed E-state index contributed by atoms with van der Waals surface area (Å²) in [4.78, 5) is 13.1. The topological polar surface area (TPSA) is 38.8 Å². The third-order valence-electron chi connectivity index (χ3n) is 3.10. The van der Waals surface area contributed by atoms with Gasteiger partial charge in [-0.25, -0.2) is 0 Å². The Bertz CT molecular complexity index is 529. The quantitative estimate of drug-likeness (QED) is 0.861. The number of alkyl halides is 3. The highest BCUT2D eigenvalue weighted by Crippen LogP contribution is 2.26. The van der Waals surface area contributed by atoms with Gasteiger partial charge in [-0.15, -0.1) is 0 Å². The first-order valence-electron chi connectivity index (χ1n) is 6.49. The zero-order valence-corrected chi connectivity index (χ0v) is 11.7. The van der Waals surface area contributed by atoms with Crippen LogP contribution >= 0.6 is 0 Å². The van der Waals surface area contributed by atoms with Crippen molar-refractivity contribution in [1.29, 1.82) is 0 Å². The summed E-state index contributed by atoms with van der Waals surface area (Å²) in [6, 6.07) is 4.01. The van der Waals surface area contributed by atoms with Gasteiger partial charge in [-0.3, -0.25) is 4.79 Å². The molecular formula is C14H16F3NO3. The van der Waals surface area contributed by atoms with E-state index in [1.54, 1.807) is 19.9 Å². The van der Waals surface area contributed by atoms with Gasteiger partial charge in [-0.1, -0.05) is 0 Å².